The molecule has 2 aromatic heterocycles. The minimum Gasteiger partial charge on any atom is -0.402 e. The van der Waals surface area contributed by atoms with Crippen molar-refractivity contribution >= 4 is 38.3 Å². The van der Waals surface area contributed by atoms with E-state index >= 15 is 0 Å². The molecule has 1 aliphatic carbocycles. The van der Waals surface area contributed by atoms with Crippen LogP contribution >= 0.6 is 0 Å². The Balaban J connectivity index is 1.96. The number of hydrogen-bond donors (Lipinski definition) is 4. The zero-order valence-corrected chi connectivity index (χ0v) is 18.1. The van der Waals surface area contributed by atoms with Crippen LogP contribution < -0.4 is 10.5 Å². The second kappa shape index (κ2) is 6.98. The van der Waals surface area contributed by atoms with Crippen LogP contribution in [0.15, 0.2) is 22.4 Å². The first-order valence-corrected chi connectivity index (χ1v) is 11.1. The smallest absolute Gasteiger partial charge is 0.237 e. The van der Waals surface area contributed by atoms with E-state index in [2.05, 4.69) is 19.8 Å². The van der Waals surface area contributed by atoms with Gasteiger partial charge in [0.25, 0.3) is 0 Å². The van der Waals surface area contributed by atoms with E-state index in [-0.39, 0.29) is 16.9 Å². The number of fused-ring (bicyclic) bond motifs is 1. The van der Waals surface area contributed by atoms with Crippen LogP contribution in [0.25, 0.3) is 27.7 Å². The Morgan fingerprint density at radius 3 is 2.53 bits per heavy atom. The maximum absolute atomic E-state index is 12.4. The van der Waals surface area contributed by atoms with Crippen LogP contribution in [0.5, 0.6) is 0 Å². The highest BCUT2D eigenvalue weighted by molar-refractivity contribution is 7.93. The number of allylic oxidation sites excluding steroid dienone is 2. The van der Waals surface area contributed by atoms with Crippen molar-refractivity contribution in [2.75, 3.05) is 4.72 Å². The first-order chi connectivity index (χ1) is 14.1. The van der Waals surface area contributed by atoms with Gasteiger partial charge < -0.3 is 20.7 Å². The van der Waals surface area contributed by atoms with Crippen LogP contribution in [-0.2, 0) is 10.0 Å². The number of anilines is 1. The third-order valence-corrected chi connectivity index (χ3v) is 6.98. The molecule has 0 saturated heterocycles. The lowest BCUT2D eigenvalue weighted by Gasteiger charge is -2.12. The Morgan fingerprint density at radius 1 is 1.30 bits per heavy atom. The number of rotatable bonds is 6. The van der Waals surface area contributed by atoms with Gasteiger partial charge >= 0.3 is 0 Å². The van der Waals surface area contributed by atoms with Crippen LogP contribution in [0.3, 0.4) is 0 Å². The van der Waals surface area contributed by atoms with E-state index in [1.54, 1.807) is 13.8 Å². The van der Waals surface area contributed by atoms with Crippen molar-refractivity contribution in [3.05, 3.63) is 34.8 Å². The van der Waals surface area contributed by atoms with Gasteiger partial charge in [0.2, 0.25) is 16.0 Å². The summed E-state index contributed by atoms with van der Waals surface area (Å²) in [6, 6.07) is 3.76. The minimum absolute atomic E-state index is 0.144. The van der Waals surface area contributed by atoms with Crippen LogP contribution in [0.2, 0.25) is 0 Å². The zero-order chi connectivity index (χ0) is 21.8. The molecule has 1 fully saturated rings. The van der Waals surface area contributed by atoms with Gasteiger partial charge in [-0.15, -0.1) is 0 Å². The minimum atomic E-state index is -3.47. The van der Waals surface area contributed by atoms with Crippen molar-refractivity contribution in [2.24, 2.45) is 5.73 Å². The quantitative estimate of drug-likeness (QED) is 0.441. The van der Waals surface area contributed by atoms with E-state index < -0.39 is 10.0 Å². The summed E-state index contributed by atoms with van der Waals surface area (Å²) in [6.45, 7) is 7.06. The van der Waals surface area contributed by atoms with Crippen molar-refractivity contribution in [3.63, 3.8) is 0 Å². The van der Waals surface area contributed by atoms with Crippen molar-refractivity contribution in [1.82, 2.24) is 15.1 Å². The van der Waals surface area contributed by atoms with Gasteiger partial charge in [-0.1, -0.05) is 5.16 Å². The second-order valence-electron chi connectivity index (χ2n) is 7.73. The molecule has 1 aromatic carbocycles. The summed E-state index contributed by atoms with van der Waals surface area (Å²) in [5.41, 5.74) is 11.6. The van der Waals surface area contributed by atoms with Gasteiger partial charge in [0.15, 0.2) is 0 Å². The van der Waals surface area contributed by atoms with Crippen LogP contribution in [0.4, 0.5) is 5.95 Å². The van der Waals surface area contributed by atoms with Gasteiger partial charge in [-0.25, -0.2) is 13.4 Å². The maximum Gasteiger partial charge on any atom is 0.237 e. The summed E-state index contributed by atoms with van der Waals surface area (Å²) in [4.78, 5) is 7.55. The molecule has 0 atom stereocenters. The highest BCUT2D eigenvalue weighted by Crippen LogP contribution is 2.36. The summed E-state index contributed by atoms with van der Waals surface area (Å²) in [5, 5.41) is 11.9. The number of nitrogens with zero attached hydrogens (tertiary/aromatic N) is 2. The molecule has 0 aliphatic heterocycles. The third-order valence-electron chi connectivity index (χ3n) is 5.15. The largest absolute Gasteiger partial charge is 0.402 e. The van der Waals surface area contributed by atoms with Gasteiger partial charge in [0.1, 0.15) is 5.76 Å². The number of sulfonamides is 1. The molecule has 4 rings (SSSR count). The van der Waals surface area contributed by atoms with E-state index in [0.717, 1.165) is 16.8 Å². The molecule has 5 N–H and O–H groups in total. The van der Waals surface area contributed by atoms with E-state index in [1.165, 1.54) is 0 Å². The number of nitrogens with two attached hydrogens (primary N) is 1. The number of imidazole rings is 1. The summed E-state index contributed by atoms with van der Waals surface area (Å²) in [5.74, 6) is 0.805. The highest BCUT2D eigenvalue weighted by Gasteiger charge is 2.36. The van der Waals surface area contributed by atoms with E-state index in [4.69, 9.17) is 15.7 Å². The molecular weight excluding hydrogens is 404 g/mol. The van der Waals surface area contributed by atoms with Crippen molar-refractivity contribution in [3.8, 4) is 11.1 Å². The summed E-state index contributed by atoms with van der Waals surface area (Å²) in [7, 11) is -3.47. The molecule has 0 unspecified atom stereocenters. The molecule has 1 aliphatic rings. The van der Waals surface area contributed by atoms with E-state index in [9.17, 15) is 8.42 Å². The van der Waals surface area contributed by atoms with E-state index in [1.807, 2.05) is 26.0 Å². The first kappa shape index (κ1) is 20.1. The van der Waals surface area contributed by atoms with Gasteiger partial charge in [-0.05, 0) is 58.2 Å². The number of benzene rings is 1. The second-order valence-corrected chi connectivity index (χ2v) is 9.69. The van der Waals surface area contributed by atoms with Crippen molar-refractivity contribution in [2.45, 2.75) is 45.8 Å². The molecule has 3 aromatic rings. The summed E-state index contributed by atoms with van der Waals surface area (Å²) < 4.78 is 32.6. The van der Waals surface area contributed by atoms with Crippen LogP contribution in [-0.4, -0.2) is 34.5 Å². The Bertz CT molecular complexity index is 1290. The molecule has 0 radical (unpaired) electrons. The Hall–Kier alpha value is -3.14. The standard InChI is InChI=1S/C20H24N6O3S/c1-9(21)17(10(2)22)15-7-13(18-11(3)25-29-12(18)4)8-16-19(15)24-20(23-16)26-30(27,28)14-5-6-14/h7-8,14,21H,5-6,22H2,1-4H3,(H2,23,24,26). The fraction of sp³-hybridized carbons (Fsp3) is 0.350. The first-order valence-electron chi connectivity index (χ1n) is 9.59. The van der Waals surface area contributed by atoms with E-state index in [0.29, 0.717) is 46.5 Å². The topological polar surface area (TPSA) is 151 Å². The van der Waals surface area contributed by atoms with Gasteiger partial charge in [0, 0.05) is 28.1 Å². The number of aromatic amines is 1. The average molecular weight is 429 g/mol. The molecule has 10 heteroatoms. The van der Waals surface area contributed by atoms with Crippen molar-refractivity contribution < 1.29 is 12.9 Å². The SMILES string of the molecule is CC(=N)C(=C(C)N)c1cc(-c2c(C)noc2C)cc2[nH]c(NS(=O)(=O)C3CC3)nc12. The number of hydrogen-bond acceptors (Lipinski definition) is 7. The van der Waals surface area contributed by atoms with Crippen molar-refractivity contribution in [1.29, 1.82) is 5.41 Å². The average Bonchev–Trinajstić information content (AvgIpc) is 3.34. The highest BCUT2D eigenvalue weighted by atomic mass is 32.2. The lowest BCUT2D eigenvalue weighted by molar-refractivity contribution is 0.393. The molecule has 2 heterocycles. The van der Waals surface area contributed by atoms with Gasteiger partial charge in [-0.2, -0.15) is 0 Å². The predicted molar refractivity (Wildman–Crippen MR) is 117 cm³/mol. The third kappa shape index (κ3) is 3.47. The molecule has 0 amide bonds. The maximum atomic E-state index is 12.4. The lowest BCUT2D eigenvalue weighted by atomic mass is 9.94. The summed E-state index contributed by atoms with van der Waals surface area (Å²) in [6.07, 6.45) is 1.31. The normalized spacial score (nSPS) is 15.3. The predicted octanol–water partition coefficient (Wildman–Crippen LogP) is 3.47. The molecule has 9 nitrogen and oxygen atoms in total. The molecule has 0 bridgehead atoms. The Labute approximate surface area is 174 Å². The fourth-order valence-corrected chi connectivity index (χ4v) is 4.99. The van der Waals surface area contributed by atoms with Gasteiger partial charge in [0.05, 0.1) is 22.0 Å². The lowest BCUT2D eigenvalue weighted by Crippen LogP contribution is -2.18. The Morgan fingerprint density at radius 2 is 2.00 bits per heavy atom. The fourth-order valence-electron chi connectivity index (χ4n) is 3.70. The molecule has 1 saturated carbocycles. The number of nitrogens with one attached hydrogen (secondary N) is 3. The zero-order valence-electron chi connectivity index (χ0n) is 17.3. The summed E-state index contributed by atoms with van der Waals surface area (Å²) >= 11 is 0. The number of H-pyrrole nitrogens is 1. The van der Waals surface area contributed by atoms with Gasteiger partial charge in [-0.3, -0.25) is 4.72 Å². The Kier molecular flexibility index (Phi) is 4.69. The monoisotopic (exact) mass is 428 g/mol. The number of aryl methyl sites for hydroxylation is 2. The number of aromatic nitrogens is 3. The molecule has 0 spiro atoms. The van der Waals surface area contributed by atoms with Crippen LogP contribution in [0, 0.1) is 19.3 Å². The van der Waals surface area contributed by atoms with Crippen LogP contribution in [0.1, 0.15) is 43.7 Å². The molecule has 30 heavy (non-hydrogen) atoms. The molecular formula is C20H24N6O3S. The molecule has 158 valence electrons.